The Morgan fingerprint density at radius 3 is 2.00 bits per heavy atom. The number of halogens is 2. The first-order chi connectivity index (χ1) is 22.4. The van der Waals surface area contributed by atoms with Crippen LogP contribution in [0.4, 0.5) is 5.69 Å². The van der Waals surface area contributed by atoms with Crippen molar-refractivity contribution in [2.24, 2.45) is 0 Å². The van der Waals surface area contributed by atoms with Gasteiger partial charge in [-0.15, -0.1) is 0 Å². The lowest BCUT2D eigenvalue weighted by atomic mass is 10.1. The number of anilines is 1. The van der Waals surface area contributed by atoms with E-state index in [4.69, 9.17) is 42.1 Å². The van der Waals surface area contributed by atoms with Crippen LogP contribution in [0.25, 0.3) is 0 Å². The molecule has 0 saturated heterocycles. The van der Waals surface area contributed by atoms with Crippen molar-refractivity contribution in [3.63, 3.8) is 0 Å². The topological polar surface area (TPSA) is 124 Å². The summed E-state index contributed by atoms with van der Waals surface area (Å²) in [7, 11) is 1.12. The number of rotatable bonds is 16. The lowest BCUT2D eigenvalue weighted by Crippen LogP contribution is -2.53. The highest BCUT2D eigenvalue weighted by atomic mass is 35.5. The number of amides is 2. The van der Waals surface area contributed by atoms with Crippen LogP contribution in [-0.2, 0) is 26.2 Å². The molecule has 1 N–H and O–H groups in total. The molecule has 0 saturated carbocycles. The zero-order valence-electron chi connectivity index (χ0n) is 27.5. The maximum absolute atomic E-state index is 14.5. The van der Waals surface area contributed by atoms with Crippen molar-refractivity contribution < 1.29 is 37.0 Å². The standard InChI is InChI=1S/C33H41Cl2N3O8S/c1-8-21(3)36-33(40)27(9-2)37(19-24-25(34)11-10-12-26(24)35)32(39)20-38(28-17-22(43-4)13-15-29(28)44-5)47(41,42)23-14-16-30(45-6)31(18-23)46-7/h10-18,21,27H,8-9,19-20H2,1-7H3,(H,36,40)/t21-,27-/m0/s1. The van der Waals surface area contributed by atoms with Gasteiger partial charge in [-0.3, -0.25) is 13.9 Å². The number of hydrogen-bond donors (Lipinski definition) is 1. The minimum Gasteiger partial charge on any atom is -0.497 e. The summed E-state index contributed by atoms with van der Waals surface area (Å²) in [6.45, 7) is 4.65. The Kier molecular flexibility index (Phi) is 13.4. The summed E-state index contributed by atoms with van der Waals surface area (Å²) in [4.78, 5) is 29.2. The number of ether oxygens (including phenoxy) is 4. The SMILES string of the molecule is CC[C@H](C)NC(=O)[C@H](CC)N(Cc1c(Cl)cccc1Cl)C(=O)CN(c1cc(OC)ccc1OC)S(=O)(=O)c1ccc(OC)c(OC)c1. The second-order valence-electron chi connectivity index (χ2n) is 10.5. The average molecular weight is 711 g/mol. The van der Waals surface area contributed by atoms with E-state index in [9.17, 15) is 18.0 Å². The fraction of sp³-hybridized carbons (Fsp3) is 0.394. The third-order valence-electron chi connectivity index (χ3n) is 7.65. The highest BCUT2D eigenvalue weighted by Crippen LogP contribution is 2.38. The van der Waals surface area contributed by atoms with Gasteiger partial charge >= 0.3 is 0 Å². The van der Waals surface area contributed by atoms with Crippen molar-refractivity contribution in [2.45, 2.75) is 57.1 Å². The number of sulfonamides is 1. The van der Waals surface area contributed by atoms with Gasteiger partial charge in [0.2, 0.25) is 11.8 Å². The largest absolute Gasteiger partial charge is 0.497 e. The highest BCUT2D eigenvalue weighted by molar-refractivity contribution is 7.92. The molecule has 2 atom stereocenters. The predicted octanol–water partition coefficient (Wildman–Crippen LogP) is 5.95. The summed E-state index contributed by atoms with van der Waals surface area (Å²) in [5.41, 5.74) is 0.440. The maximum Gasteiger partial charge on any atom is 0.265 e. The molecule has 256 valence electrons. The Balaban J connectivity index is 2.23. The van der Waals surface area contributed by atoms with Gasteiger partial charge in [0.05, 0.1) is 39.0 Å². The summed E-state index contributed by atoms with van der Waals surface area (Å²) in [5, 5.41) is 3.51. The molecular weight excluding hydrogens is 669 g/mol. The molecular formula is C33H41Cl2N3O8S. The van der Waals surface area contributed by atoms with E-state index in [2.05, 4.69) is 5.32 Å². The van der Waals surface area contributed by atoms with E-state index in [1.165, 1.54) is 63.7 Å². The van der Waals surface area contributed by atoms with Crippen LogP contribution in [-0.4, -0.2) is 72.2 Å². The smallest absolute Gasteiger partial charge is 0.265 e. The van der Waals surface area contributed by atoms with Gasteiger partial charge in [-0.05, 0) is 56.2 Å². The van der Waals surface area contributed by atoms with Crippen LogP contribution >= 0.6 is 23.2 Å². The predicted molar refractivity (Wildman–Crippen MR) is 183 cm³/mol. The third kappa shape index (κ3) is 8.74. The van der Waals surface area contributed by atoms with Crippen LogP contribution < -0.4 is 28.6 Å². The van der Waals surface area contributed by atoms with E-state index in [1.807, 2.05) is 13.8 Å². The highest BCUT2D eigenvalue weighted by Gasteiger charge is 2.36. The fourth-order valence-corrected chi connectivity index (χ4v) is 6.77. The summed E-state index contributed by atoms with van der Waals surface area (Å²) >= 11 is 13.0. The van der Waals surface area contributed by atoms with Crippen LogP contribution in [0.1, 0.15) is 39.2 Å². The van der Waals surface area contributed by atoms with E-state index in [0.717, 1.165) is 4.31 Å². The van der Waals surface area contributed by atoms with Crippen LogP contribution in [0.2, 0.25) is 10.0 Å². The van der Waals surface area contributed by atoms with Gasteiger partial charge in [-0.2, -0.15) is 0 Å². The monoisotopic (exact) mass is 709 g/mol. The van der Waals surface area contributed by atoms with Gasteiger partial charge in [-0.1, -0.05) is 43.1 Å². The minimum absolute atomic E-state index is 0.0304. The van der Waals surface area contributed by atoms with Crippen LogP contribution in [0, 0.1) is 0 Å². The number of carbonyl (C=O) groups excluding carboxylic acids is 2. The second kappa shape index (κ2) is 16.8. The maximum atomic E-state index is 14.5. The molecule has 0 heterocycles. The molecule has 3 aromatic carbocycles. The van der Waals surface area contributed by atoms with Crippen molar-refractivity contribution in [3.8, 4) is 23.0 Å². The van der Waals surface area contributed by atoms with E-state index in [1.54, 1.807) is 31.2 Å². The molecule has 3 rings (SSSR count). The van der Waals surface area contributed by atoms with Gasteiger partial charge in [0, 0.05) is 40.3 Å². The number of nitrogens with zero attached hydrogens (tertiary/aromatic N) is 2. The summed E-state index contributed by atoms with van der Waals surface area (Å²) < 4.78 is 51.5. The Morgan fingerprint density at radius 1 is 0.830 bits per heavy atom. The number of nitrogens with one attached hydrogen (secondary N) is 1. The molecule has 3 aromatic rings. The summed E-state index contributed by atoms with van der Waals surface area (Å²) in [6, 6.07) is 12.4. The van der Waals surface area contributed by atoms with Crippen molar-refractivity contribution in [1.82, 2.24) is 10.2 Å². The molecule has 0 spiro atoms. The molecule has 0 aliphatic rings. The van der Waals surface area contributed by atoms with Crippen LogP contribution in [0.3, 0.4) is 0 Å². The van der Waals surface area contributed by atoms with Gasteiger partial charge in [0.1, 0.15) is 24.1 Å². The first-order valence-corrected chi connectivity index (χ1v) is 17.1. The van der Waals surface area contributed by atoms with Crippen molar-refractivity contribution in [3.05, 3.63) is 70.2 Å². The Labute approximate surface area is 286 Å². The minimum atomic E-state index is -4.50. The Morgan fingerprint density at radius 2 is 1.45 bits per heavy atom. The zero-order chi connectivity index (χ0) is 34.9. The molecule has 14 heteroatoms. The fourth-order valence-electron chi connectivity index (χ4n) is 4.82. The Bertz CT molecular complexity index is 1650. The summed E-state index contributed by atoms with van der Waals surface area (Å²) in [6.07, 6.45) is 0.889. The van der Waals surface area contributed by atoms with E-state index in [0.29, 0.717) is 23.5 Å². The first kappa shape index (κ1) is 37.6. The lowest BCUT2D eigenvalue weighted by Gasteiger charge is -2.34. The van der Waals surface area contributed by atoms with Gasteiger partial charge in [0.15, 0.2) is 11.5 Å². The number of benzene rings is 3. The van der Waals surface area contributed by atoms with Crippen molar-refractivity contribution in [2.75, 3.05) is 39.3 Å². The molecule has 2 amide bonds. The number of hydrogen-bond acceptors (Lipinski definition) is 8. The molecule has 0 fully saturated rings. The third-order valence-corrected chi connectivity index (χ3v) is 10.1. The molecule has 0 unspecified atom stereocenters. The van der Waals surface area contributed by atoms with E-state index < -0.39 is 34.4 Å². The van der Waals surface area contributed by atoms with E-state index >= 15 is 0 Å². The lowest BCUT2D eigenvalue weighted by molar-refractivity contribution is -0.140. The molecule has 0 radical (unpaired) electrons. The van der Waals surface area contributed by atoms with E-state index in [-0.39, 0.29) is 51.1 Å². The molecule has 0 aromatic heterocycles. The van der Waals surface area contributed by atoms with Gasteiger partial charge < -0.3 is 29.2 Å². The molecule has 0 aliphatic carbocycles. The number of carbonyl (C=O) groups is 2. The number of methoxy groups -OCH3 is 4. The van der Waals surface area contributed by atoms with Crippen LogP contribution in [0.5, 0.6) is 23.0 Å². The van der Waals surface area contributed by atoms with Gasteiger partial charge in [-0.25, -0.2) is 8.42 Å². The second-order valence-corrected chi connectivity index (χ2v) is 13.2. The normalized spacial score (nSPS) is 12.4. The molecule has 11 nitrogen and oxygen atoms in total. The zero-order valence-corrected chi connectivity index (χ0v) is 29.8. The Hall–Kier alpha value is -3.87. The molecule has 0 aliphatic heterocycles. The average Bonchev–Trinajstić information content (AvgIpc) is 3.07. The molecule has 0 bridgehead atoms. The molecule has 47 heavy (non-hydrogen) atoms. The summed E-state index contributed by atoms with van der Waals surface area (Å²) in [5.74, 6) is -0.133. The van der Waals surface area contributed by atoms with Crippen molar-refractivity contribution in [1.29, 1.82) is 0 Å². The first-order valence-electron chi connectivity index (χ1n) is 14.9. The van der Waals surface area contributed by atoms with Crippen LogP contribution in [0.15, 0.2) is 59.5 Å². The van der Waals surface area contributed by atoms with Gasteiger partial charge in [0.25, 0.3) is 10.0 Å². The van der Waals surface area contributed by atoms with Crippen molar-refractivity contribution >= 4 is 50.7 Å². The quantitative estimate of drug-likeness (QED) is 0.194.